The lowest BCUT2D eigenvalue weighted by atomic mass is 9.82. The van der Waals surface area contributed by atoms with Gasteiger partial charge >= 0.3 is 0 Å². The number of nitrogens with zero attached hydrogens (tertiary/aromatic N) is 6. The fraction of sp³-hybridized carbons (Fsp3) is 0. The fourth-order valence-electron chi connectivity index (χ4n) is 3.00. The summed E-state index contributed by atoms with van der Waals surface area (Å²) in [7, 11) is 0. The van der Waals surface area contributed by atoms with Crippen molar-refractivity contribution in [1.29, 1.82) is 0 Å². The first kappa shape index (κ1) is 14.3. The van der Waals surface area contributed by atoms with Gasteiger partial charge in [0, 0.05) is 33.4 Å². The van der Waals surface area contributed by atoms with E-state index in [1.54, 1.807) is 36.4 Å². The van der Waals surface area contributed by atoms with Crippen LogP contribution >= 0.6 is 0 Å². The van der Waals surface area contributed by atoms with Crippen molar-refractivity contribution in [3.8, 4) is 22.8 Å². The van der Waals surface area contributed by atoms with Crippen LogP contribution in [0, 0.1) is 0 Å². The molecule has 0 saturated carbocycles. The summed E-state index contributed by atoms with van der Waals surface area (Å²) in [5.41, 5.74) is 2.50. The van der Waals surface area contributed by atoms with Crippen LogP contribution in [0.15, 0.2) is 36.4 Å². The Labute approximate surface area is 144 Å². The highest BCUT2D eigenvalue weighted by atomic mass is 16.1. The van der Waals surface area contributed by atoms with E-state index in [0.29, 0.717) is 45.0 Å². The molecule has 0 fully saturated rings. The molecule has 0 aliphatic heterocycles. The van der Waals surface area contributed by atoms with E-state index in [2.05, 4.69) is 41.2 Å². The molecule has 4 aromatic rings. The zero-order valence-electron chi connectivity index (χ0n) is 13.0. The van der Waals surface area contributed by atoms with Crippen LogP contribution < -0.4 is 0 Å². The number of hydrogen-bond acceptors (Lipinski definition) is 8. The number of nitrogens with one attached hydrogen (secondary N) is 2. The summed E-state index contributed by atoms with van der Waals surface area (Å²) in [5.74, 6) is 0.233. The van der Waals surface area contributed by atoms with Gasteiger partial charge in [-0.3, -0.25) is 9.59 Å². The second kappa shape index (κ2) is 5.21. The van der Waals surface area contributed by atoms with Crippen LogP contribution in [0.3, 0.4) is 0 Å². The van der Waals surface area contributed by atoms with Crippen molar-refractivity contribution in [3.05, 3.63) is 58.7 Å². The summed E-state index contributed by atoms with van der Waals surface area (Å²) in [5, 5.41) is 27.3. The molecule has 1 aliphatic rings. The number of aromatic nitrogens is 8. The number of carbonyl (C=O) groups is 2. The van der Waals surface area contributed by atoms with E-state index in [4.69, 9.17) is 0 Å². The summed E-state index contributed by atoms with van der Waals surface area (Å²) < 4.78 is 0. The third kappa shape index (κ3) is 1.99. The molecule has 10 heteroatoms. The van der Waals surface area contributed by atoms with Crippen molar-refractivity contribution in [2.75, 3.05) is 0 Å². The van der Waals surface area contributed by atoms with Crippen LogP contribution in [0.5, 0.6) is 0 Å². The van der Waals surface area contributed by atoms with E-state index in [0.717, 1.165) is 0 Å². The van der Waals surface area contributed by atoms with Crippen molar-refractivity contribution in [3.63, 3.8) is 0 Å². The quantitative estimate of drug-likeness (QED) is 0.479. The number of carbonyl (C=O) groups excluding carboxylic acids is 2. The van der Waals surface area contributed by atoms with Crippen LogP contribution in [-0.2, 0) is 0 Å². The molecule has 1 aliphatic carbocycles. The molecular formula is C16H8N8O2. The van der Waals surface area contributed by atoms with E-state index in [1.807, 2.05) is 0 Å². The number of rotatable bonds is 2. The lowest BCUT2D eigenvalue weighted by Crippen LogP contribution is -2.21. The number of H-pyrrole nitrogens is 2. The number of hydrogen-bond donors (Lipinski definition) is 2. The molecule has 10 nitrogen and oxygen atoms in total. The van der Waals surface area contributed by atoms with Gasteiger partial charge in [0.05, 0.1) is 0 Å². The van der Waals surface area contributed by atoms with E-state index >= 15 is 0 Å². The average molecular weight is 344 g/mol. The Morgan fingerprint density at radius 3 is 1.46 bits per heavy atom. The largest absolute Gasteiger partial charge is 0.289 e. The van der Waals surface area contributed by atoms with Crippen LogP contribution in [0.25, 0.3) is 22.8 Å². The number of ketones is 2. The standard InChI is InChI=1S/C16H8N8O2/c25-13-9-3-1-7(15-17-21-22-18-15)5-11(9)14(26)10-4-2-8(6-12(10)13)16-19-23-24-20-16/h1-6H,(H,17,18,21,22)(H,19,20,23,24). The van der Waals surface area contributed by atoms with Gasteiger partial charge in [-0.1, -0.05) is 12.1 Å². The van der Waals surface area contributed by atoms with E-state index in [1.165, 1.54) is 0 Å². The van der Waals surface area contributed by atoms with Gasteiger partial charge in [-0.25, -0.2) is 0 Å². The third-order valence-corrected chi connectivity index (χ3v) is 4.22. The second-order valence-corrected chi connectivity index (χ2v) is 5.65. The minimum atomic E-state index is -0.236. The number of aromatic amines is 2. The first-order chi connectivity index (χ1) is 12.7. The van der Waals surface area contributed by atoms with Crippen LogP contribution in [-0.4, -0.2) is 52.8 Å². The molecule has 0 spiro atoms. The SMILES string of the molecule is O=C1c2ccc(-c3nn[nH]n3)cc2C(=O)c2ccc(-c3nn[nH]n3)cc21. The molecule has 0 saturated heterocycles. The maximum absolute atomic E-state index is 12.9. The predicted molar refractivity (Wildman–Crippen MR) is 86.1 cm³/mol. The van der Waals surface area contributed by atoms with Gasteiger partial charge < -0.3 is 0 Å². The normalized spacial score (nSPS) is 12.8. The Bertz CT molecular complexity index is 1070. The van der Waals surface area contributed by atoms with Gasteiger partial charge in [0.25, 0.3) is 0 Å². The monoisotopic (exact) mass is 344 g/mol. The summed E-state index contributed by atoms with van der Waals surface area (Å²) in [4.78, 5) is 25.8. The molecule has 5 rings (SSSR count). The Morgan fingerprint density at radius 1 is 0.615 bits per heavy atom. The highest BCUT2D eigenvalue weighted by Crippen LogP contribution is 2.31. The minimum Gasteiger partial charge on any atom is -0.289 e. The van der Waals surface area contributed by atoms with E-state index < -0.39 is 0 Å². The smallest absolute Gasteiger partial charge is 0.204 e. The zero-order valence-corrected chi connectivity index (χ0v) is 13.0. The number of tetrazole rings is 2. The molecule has 124 valence electrons. The Morgan fingerprint density at radius 2 is 1.08 bits per heavy atom. The van der Waals surface area contributed by atoms with Crippen LogP contribution in [0.4, 0.5) is 0 Å². The van der Waals surface area contributed by atoms with Gasteiger partial charge in [-0.15, -0.1) is 20.4 Å². The highest BCUT2D eigenvalue weighted by Gasteiger charge is 2.30. The Kier molecular flexibility index (Phi) is 2.86. The first-order valence-electron chi connectivity index (χ1n) is 7.57. The number of benzene rings is 2. The molecule has 2 N–H and O–H groups in total. The average Bonchev–Trinajstić information content (AvgIpc) is 3.39. The van der Waals surface area contributed by atoms with Crippen molar-refractivity contribution in [2.45, 2.75) is 0 Å². The molecule has 0 radical (unpaired) electrons. The lowest BCUT2D eigenvalue weighted by Gasteiger charge is -2.18. The van der Waals surface area contributed by atoms with E-state index in [9.17, 15) is 9.59 Å². The molecule has 26 heavy (non-hydrogen) atoms. The topological polar surface area (TPSA) is 143 Å². The molecular weight excluding hydrogens is 336 g/mol. The zero-order chi connectivity index (χ0) is 17.7. The predicted octanol–water partition coefficient (Wildman–Crippen LogP) is 0.822. The minimum absolute atomic E-state index is 0.236. The molecule has 0 amide bonds. The fourth-order valence-corrected chi connectivity index (χ4v) is 3.00. The molecule has 2 aromatic heterocycles. The molecule has 0 atom stereocenters. The summed E-state index contributed by atoms with van der Waals surface area (Å²) in [6.45, 7) is 0. The molecule has 0 unspecified atom stereocenters. The number of fused-ring (bicyclic) bond motifs is 2. The maximum Gasteiger partial charge on any atom is 0.204 e. The first-order valence-corrected chi connectivity index (χ1v) is 7.57. The molecule has 2 aromatic carbocycles. The Balaban J connectivity index is 1.65. The summed E-state index contributed by atoms with van der Waals surface area (Å²) in [6.07, 6.45) is 0. The van der Waals surface area contributed by atoms with Crippen molar-refractivity contribution in [1.82, 2.24) is 41.2 Å². The van der Waals surface area contributed by atoms with Gasteiger partial charge in [-0.2, -0.15) is 10.4 Å². The summed E-state index contributed by atoms with van der Waals surface area (Å²) >= 11 is 0. The lowest BCUT2D eigenvalue weighted by molar-refractivity contribution is 0.0979. The van der Waals surface area contributed by atoms with Gasteiger partial charge in [-0.05, 0) is 34.7 Å². The molecule has 2 heterocycles. The summed E-state index contributed by atoms with van der Waals surface area (Å²) in [6, 6.07) is 9.79. The van der Waals surface area contributed by atoms with E-state index in [-0.39, 0.29) is 11.6 Å². The van der Waals surface area contributed by atoms with Gasteiger partial charge in [0.15, 0.2) is 11.6 Å². The molecule has 0 bridgehead atoms. The van der Waals surface area contributed by atoms with Crippen molar-refractivity contribution >= 4 is 11.6 Å². The second-order valence-electron chi connectivity index (χ2n) is 5.65. The van der Waals surface area contributed by atoms with Crippen LogP contribution in [0.2, 0.25) is 0 Å². The van der Waals surface area contributed by atoms with Crippen molar-refractivity contribution in [2.24, 2.45) is 0 Å². The Hall–Kier alpha value is -4.08. The third-order valence-electron chi connectivity index (χ3n) is 4.22. The van der Waals surface area contributed by atoms with Gasteiger partial charge in [0.1, 0.15) is 0 Å². The van der Waals surface area contributed by atoms with Crippen molar-refractivity contribution < 1.29 is 9.59 Å². The van der Waals surface area contributed by atoms with Crippen LogP contribution in [0.1, 0.15) is 31.8 Å². The van der Waals surface area contributed by atoms with Gasteiger partial charge in [0.2, 0.25) is 11.6 Å². The highest BCUT2D eigenvalue weighted by molar-refractivity contribution is 6.28. The maximum atomic E-state index is 12.9.